The van der Waals surface area contributed by atoms with E-state index in [0.29, 0.717) is 31.9 Å². The Labute approximate surface area is 214 Å². The van der Waals surface area contributed by atoms with E-state index in [4.69, 9.17) is 9.47 Å². The van der Waals surface area contributed by atoms with Crippen LogP contribution in [-0.2, 0) is 17.7 Å². The summed E-state index contributed by atoms with van der Waals surface area (Å²) in [6, 6.07) is 8.77. The monoisotopic (exact) mass is 521 g/mol. The summed E-state index contributed by atoms with van der Waals surface area (Å²) in [7, 11) is 3.93. The van der Waals surface area contributed by atoms with E-state index in [9.17, 15) is 18.0 Å². The Balaban J connectivity index is 1.37. The number of fused-ring (bicyclic) bond motifs is 3. The highest BCUT2D eigenvalue weighted by Gasteiger charge is 2.59. The van der Waals surface area contributed by atoms with Gasteiger partial charge in [0.25, 0.3) is 5.56 Å². The number of anilines is 2. The van der Waals surface area contributed by atoms with Gasteiger partial charge in [0.1, 0.15) is 18.2 Å². The standard InChI is InChI=1S/C26H34F3N5O3/c1-25(26(27,28)29)17-33-23(35)14-22(32-15-20-8-9-21(16-32)37-20)30-24(33)34(25)11-10-18-4-6-19(7-5-18)36-13-12-31(2)3/h4-7,14,20-21H,8-13,15-17H2,1-3H3/t20?,21?,25-/m0/s1. The molecule has 11 heteroatoms. The minimum absolute atomic E-state index is 0.0705. The third kappa shape index (κ3) is 5.16. The second kappa shape index (κ2) is 9.83. The van der Waals surface area contributed by atoms with E-state index in [0.717, 1.165) is 42.2 Å². The van der Waals surface area contributed by atoms with Crippen molar-refractivity contribution in [2.75, 3.05) is 56.7 Å². The van der Waals surface area contributed by atoms with Crippen LogP contribution in [0.3, 0.4) is 0 Å². The lowest BCUT2D eigenvalue weighted by Gasteiger charge is -2.37. The number of rotatable bonds is 8. The molecule has 37 heavy (non-hydrogen) atoms. The average Bonchev–Trinajstić information content (AvgIpc) is 3.34. The summed E-state index contributed by atoms with van der Waals surface area (Å²) in [4.78, 5) is 22.9. The van der Waals surface area contributed by atoms with Gasteiger partial charge in [-0.2, -0.15) is 18.2 Å². The molecule has 2 saturated heterocycles. The number of likely N-dealkylation sites (N-methyl/N-ethyl adjacent to an activating group) is 1. The molecule has 2 fully saturated rings. The van der Waals surface area contributed by atoms with Gasteiger partial charge in [0, 0.05) is 32.2 Å². The van der Waals surface area contributed by atoms with Crippen molar-refractivity contribution in [1.82, 2.24) is 14.5 Å². The van der Waals surface area contributed by atoms with Crippen LogP contribution in [0.15, 0.2) is 35.1 Å². The Morgan fingerprint density at radius 3 is 2.46 bits per heavy atom. The Morgan fingerprint density at radius 1 is 1.16 bits per heavy atom. The van der Waals surface area contributed by atoms with Crippen LogP contribution in [0.2, 0.25) is 0 Å². The fraction of sp³-hybridized carbons (Fsp3) is 0.615. The average molecular weight is 522 g/mol. The third-order valence-corrected chi connectivity index (χ3v) is 7.61. The van der Waals surface area contributed by atoms with Crippen molar-refractivity contribution >= 4 is 11.8 Å². The summed E-state index contributed by atoms with van der Waals surface area (Å²) in [6.45, 7) is 3.25. The lowest BCUT2D eigenvalue weighted by molar-refractivity contribution is -0.182. The van der Waals surface area contributed by atoms with E-state index < -0.39 is 23.8 Å². The van der Waals surface area contributed by atoms with E-state index in [2.05, 4.69) is 4.98 Å². The highest BCUT2D eigenvalue weighted by atomic mass is 19.4. The molecule has 8 nitrogen and oxygen atoms in total. The van der Waals surface area contributed by atoms with Crippen LogP contribution in [0.4, 0.5) is 24.9 Å². The molecule has 0 aliphatic carbocycles. The quantitative estimate of drug-likeness (QED) is 0.530. The molecule has 2 aromatic rings. The molecule has 2 bridgehead atoms. The maximum absolute atomic E-state index is 14.4. The van der Waals surface area contributed by atoms with Crippen LogP contribution in [0, 0.1) is 0 Å². The smallest absolute Gasteiger partial charge is 0.413 e. The minimum Gasteiger partial charge on any atom is -0.492 e. The number of hydrogen-bond acceptors (Lipinski definition) is 7. The maximum atomic E-state index is 14.4. The number of alkyl halides is 3. The minimum atomic E-state index is -4.55. The van der Waals surface area contributed by atoms with E-state index in [1.54, 1.807) is 0 Å². The zero-order valence-electron chi connectivity index (χ0n) is 21.5. The first-order chi connectivity index (χ1) is 17.5. The van der Waals surface area contributed by atoms with Crippen LogP contribution in [-0.4, -0.2) is 85.3 Å². The van der Waals surface area contributed by atoms with Crippen molar-refractivity contribution in [3.05, 3.63) is 46.2 Å². The Bertz CT molecular complexity index is 1160. The molecule has 0 saturated carbocycles. The van der Waals surface area contributed by atoms with Crippen molar-refractivity contribution in [2.45, 2.75) is 56.7 Å². The molecule has 3 aliphatic heterocycles. The van der Waals surface area contributed by atoms with Crippen LogP contribution < -0.4 is 20.1 Å². The summed E-state index contributed by atoms with van der Waals surface area (Å²) in [5.74, 6) is 1.21. The van der Waals surface area contributed by atoms with Crippen LogP contribution in [0.1, 0.15) is 25.3 Å². The molecule has 0 amide bonds. The summed E-state index contributed by atoms with van der Waals surface area (Å²) in [6.07, 6.45) is -2.14. The third-order valence-electron chi connectivity index (χ3n) is 7.61. The fourth-order valence-corrected chi connectivity index (χ4v) is 5.34. The number of morpholine rings is 1. The predicted molar refractivity (Wildman–Crippen MR) is 135 cm³/mol. The van der Waals surface area contributed by atoms with E-state index in [1.807, 2.05) is 48.2 Å². The van der Waals surface area contributed by atoms with Gasteiger partial charge in [-0.05, 0) is 58.0 Å². The molecule has 5 rings (SSSR count). The van der Waals surface area contributed by atoms with Crippen LogP contribution in [0.5, 0.6) is 5.75 Å². The Hall–Kier alpha value is -2.79. The second-order valence-corrected chi connectivity index (χ2v) is 10.7. The molecule has 202 valence electrons. The molecule has 1 aromatic carbocycles. The normalized spacial score (nSPS) is 25.2. The second-order valence-electron chi connectivity index (χ2n) is 10.7. The number of hydrogen-bond donors (Lipinski definition) is 0. The molecule has 3 aliphatic rings. The molecule has 2 unspecified atom stereocenters. The largest absolute Gasteiger partial charge is 0.492 e. The zero-order chi connectivity index (χ0) is 26.4. The van der Waals surface area contributed by atoms with Gasteiger partial charge in [-0.1, -0.05) is 12.1 Å². The fourth-order valence-electron chi connectivity index (χ4n) is 5.34. The zero-order valence-corrected chi connectivity index (χ0v) is 21.5. The number of ether oxygens (including phenoxy) is 2. The highest BCUT2D eigenvalue weighted by molar-refractivity contribution is 5.50. The van der Waals surface area contributed by atoms with Crippen molar-refractivity contribution in [1.29, 1.82) is 0 Å². The molecule has 0 radical (unpaired) electrons. The van der Waals surface area contributed by atoms with Crippen molar-refractivity contribution in [3.63, 3.8) is 0 Å². The van der Waals surface area contributed by atoms with E-state index >= 15 is 0 Å². The van der Waals surface area contributed by atoms with Crippen molar-refractivity contribution in [2.24, 2.45) is 0 Å². The number of benzene rings is 1. The number of halogens is 3. The maximum Gasteiger partial charge on any atom is 0.413 e. The lowest BCUT2D eigenvalue weighted by Crippen LogP contribution is -2.56. The topological polar surface area (TPSA) is 63.1 Å². The van der Waals surface area contributed by atoms with Gasteiger partial charge < -0.3 is 24.2 Å². The highest BCUT2D eigenvalue weighted by Crippen LogP contribution is 2.43. The molecule has 0 N–H and O–H groups in total. The molecule has 3 atom stereocenters. The molecule has 1 aromatic heterocycles. The summed E-state index contributed by atoms with van der Waals surface area (Å²) < 4.78 is 55.9. The first-order valence-electron chi connectivity index (χ1n) is 12.8. The van der Waals surface area contributed by atoms with Gasteiger partial charge in [-0.15, -0.1) is 0 Å². The van der Waals surface area contributed by atoms with Gasteiger partial charge in [0.2, 0.25) is 5.95 Å². The first-order valence-corrected chi connectivity index (χ1v) is 12.8. The Kier molecular flexibility index (Phi) is 6.86. The summed E-state index contributed by atoms with van der Waals surface area (Å²) >= 11 is 0. The summed E-state index contributed by atoms with van der Waals surface area (Å²) in [5, 5.41) is 0. The van der Waals surface area contributed by atoms with Gasteiger partial charge >= 0.3 is 6.18 Å². The molecule has 4 heterocycles. The van der Waals surface area contributed by atoms with Crippen LogP contribution in [0.25, 0.3) is 0 Å². The molecular formula is C26H34F3N5O3. The van der Waals surface area contributed by atoms with Gasteiger partial charge in [-0.25, -0.2) is 0 Å². The van der Waals surface area contributed by atoms with E-state index in [1.165, 1.54) is 11.0 Å². The number of nitrogens with zero attached hydrogens (tertiary/aromatic N) is 5. The van der Waals surface area contributed by atoms with Gasteiger partial charge in [0.15, 0.2) is 5.54 Å². The van der Waals surface area contributed by atoms with Gasteiger partial charge in [0.05, 0.1) is 18.8 Å². The molecule has 0 spiro atoms. The van der Waals surface area contributed by atoms with Crippen LogP contribution >= 0.6 is 0 Å². The molecular weight excluding hydrogens is 487 g/mol. The first kappa shape index (κ1) is 25.8. The summed E-state index contributed by atoms with van der Waals surface area (Å²) in [5.41, 5.74) is -1.81. The SMILES string of the molecule is CN(C)CCOc1ccc(CCN2c3nc(N4CC5CCC(C4)O5)cc(=O)n3C[C@@]2(C)C(F)(F)F)cc1. The van der Waals surface area contributed by atoms with Gasteiger partial charge in [-0.3, -0.25) is 9.36 Å². The lowest BCUT2D eigenvalue weighted by atomic mass is 10.00. The predicted octanol–water partition coefficient (Wildman–Crippen LogP) is 2.94. The van der Waals surface area contributed by atoms with Crippen molar-refractivity contribution < 1.29 is 22.6 Å². The van der Waals surface area contributed by atoms with Crippen molar-refractivity contribution in [3.8, 4) is 5.75 Å². The van der Waals surface area contributed by atoms with E-state index in [-0.39, 0.29) is 24.7 Å². The Morgan fingerprint density at radius 2 is 1.84 bits per heavy atom. The number of aromatic nitrogens is 2.